The Morgan fingerprint density at radius 2 is 1.94 bits per heavy atom. The number of rotatable bonds is 2. The Morgan fingerprint density at radius 1 is 1.38 bits per heavy atom. The maximum Gasteiger partial charge on any atom is 0.231 e. The molecule has 0 saturated carbocycles. The topological polar surface area (TPSA) is 23.6 Å². The first-order valence-corrected chi connectivity index (χ1v) is 6.54. The highest BCUT2D eigenvalue weighted by molar-refractivity contribution is 5.90. The van der Waals surface area contributed by atoms with Crippen LogP contribution < -0.4 is 0 Å². The number of nitrogens with zero attached hydrogens (tertiary/aromatic N) is 2. The fraction of sp³-hybridized carbons (Fsp3) is 0.923. The van der Waals surface area contributed by atoms with Crippen molar-refractivity contribution < 1.29 is 4.79 Å². The average Bonchev–Trinajstić information content (AvgIpc) is 2.25. The largest absolute Gasteiger partial charge is 0.336 e. The molecule has 2 heterocycles. The van der Waals surface area contributed by atoms with Crippen molar-refractivity contribution in [2.45, 2.75) is 52.1 Å². The van der Waals surface area contributed by atoms with Crippen molar-refractivity contribution in [1.29, 1.82) is 0 Å². The minimum Gasteiger partial charge on any atom is -0.336 e. The van der Waals surface area contributed by atoms with Gasteiger partial charge in [-0.05, 0) is 53.2 Å². The van der Waals surface area contributed by atoms with Gasteiger partial charge in [-0.2, -0.15) is 0 Å². The lowest BCUT2D eigenvalue weighted by atomic mass is 9.63. The fourth-order valence-electron chi connectivity index (χ4n) is 3.49. The van der Waals surface area contributed by atoms with Crippen molar-refractivity contribution in [1.82, 2.24) is 9.80 Å². The van der Waals surface area contributed by atoms with E-state index in [9.17, 15) is 4.79 Å². The fourth-order valence-corrected chi connectivity index (χ4v) is 3.49. The van der Waals surface area contributed by atoms with E-state index in [2.05, 4.69) is 37.6 Å². The Labute approximate surface area is 98.8 Å². The predicted octanol–water partition coefficient (Wildman–Crippen LogP) is 1.73. The molecular weight excluding hydrogens is 200 g/mol. The van der Waals surface area contributed by atoms with Gasteiger partial charge < -0.3 is 9.80 Å². The number of amides is 1. The van der Waals surface area contributed by atoms with Crippen LogP contribution >= 0.6 is 0 Å². The number of carbonyl (C=O) groups is 1. The van der Waals surface area contributed by atoms with Gasteiger partial charge in [-0.3, -0.25) is 4.79 Å². The highest BCUT2D eigenvalue weighted by Crippen LogP contribution is 2.49. The normalized spacial score (nSPS) is 29.9. The number of likely N-dealkylation sites (tertiary alicyclic amines) is 2. The Kier molecular flexibility index (Phi) is 2.99. The van der Waals surface area contributed by atoms with E-state index in [1.165, 1.54) is 0 Å². The number of carbonyl (C=O) groups excluding carboxylic acids is 1. The molecule has 0 bridgehead atoms. The summed E-state index contributed by atoms with van der Waals surface area (Å²) in [5, 5.41) is 0. The standard InChI is InChI=1S/C13H24N2O/c1-5-11-13(6-8-14(4)9-7-13)12(16)15(11)10(2)3/h10-11H,5-9H2,1-4H3. The van der Waals surface area contributed by atoms with Crippen molar-refractivity contribution in [2.24, 2.45) is 5.41 Å². The third-order valence-electron chi connectivity index (χ3n) is 4.46. The van der Waals surface area contributed by atoms with E-state index in [1.807, 2.05) is 0 Å². The molecule has 1 unspecified atom stereocenters. The minimum absolute atomic E-state index is 0.00549. The van der Waals surface area contributed by atoms with Crippen molar-refractivity contribution in [3.63, 3.8) is 0 Å². The lowest BCUT2D eigenvalue weighted by molar-refractivity contribution is -0.183. The Hall–Kier alpha value is -0.570. The van der Waals surface area contributed by atoms with Gasteiger partial charge >= 0.3 is 0 Å². The lowest BCUT2D eigenvalue weighted by Crippen LogP contribution is -2.72. The monoisotopic (exact) mass is 224 g/mol. The zero-order valence-electron chi connectivity index (χ0n) is 11.0. The molecule has 92 valence electrons. The molecule has 1 atom stereocenters. The van der Waals surface area contributed by atoms with Gasteiger partial charge in [0, 0.05) is 12.1 Å². The summed E-state index contributed by atoms with van der Waals surface area (Å²) in [7, 11) is 2.15. The Morgan fingerprint density at radius 3 is 2.38 bits per heavy atom. The van der Waals surface area contributed by atoms with Gasteiger partial charge in [0.15, 0.2) is 0 Å². The average molecular weight is 224 g/mol. The zero-order valence-corrected chi connectivity index (χ0v) is 11.0. The number of hydrogen-bond acceptors (Lipinski definition) is 2. The molecular formula is C13H24N2O. The van der Waals surface area contributed by atoms with Crippen LogP contribution in [0.2, 0.25) is 0 Å². The van der Waals surface area contributed by atoms with Crippen LogP contribution in [0.5, 0.6) is 0 Å². The smallest absolute Gasteiger partial charge is 0.231 e. The first-order valence-electron chi connectivity index (χ1n) is 6.54. The lowest BCUT2D eigenvalue weighted by Gasteiger charge is -2.60. The van der Waals surface area contributed by atoms with E-state index >= 15 is 0 Å². The van der Waals surface area contributed by atoms with Crippen LogP contribution in [0.1, 0.15) is 40.0 Å². The number of β-lactam (4-membered cyclic amide) rings is 1. The van der Waals surface area contributed by atoms with Crippen LogP contribution in [-0.2, 0) is 4.79 Å². The Bertz CT molecular complexity index is 280. The van der Waals surface area contributed by atoms with Gasteiger partial charge in [0.2, 0.25) is 5.91 Å². The molecule has 2 fully saturated rings. The number of hydrogen-bond donors (Lipinski definition) is 0. The third kappa shape index (κ3) is 1.48. The second-order valence-electron chi connectivity index (χ2n) is 5.69. The molecule has 2 aliphatic rings. The van der Waals surface area contributed by atoms with Gasteiger partial charge in [0.1, 0.15) is 0 Å². The van der Waals surface area contributed by atoms with Crippen LogP contribution in [-0.4, -0.2) is 47.9 Å². The zero-order chi connectivity index (χ0) is 11.9. The highest BCUT2D eigenvalue weighted by Gasteiger charge is 2.60. The van der Waals surface area contributed by atoms with Gasteiger partial charge in [-0.15, -0.1) is 0 Å². The van der Waals surface area contributed by atoms with E-state index in [1.54, 1.807) is 0 Å². The second kappa shape index (κ2) is 4.02. The first-order chi connectivity index (χ1) is 7.53. The molecule has 2 aliphatic heterocycles. The summed E-state index contributed by atoms with van der Waals surface area (Å²) in [6.45, 7) is 8.62. The van der Waals surface area contributed by atoms with Crippen molar-refractivity contribution in [3.8, 4) is 0 Å². The summed E-state index contributed by atoms with van der Waals surface area (Å²) >= 11 is 0. The molecule has 0 radical (unpaired) electrons. The van der Waals surface area contributed by atoms with Crippen LogP contribution in [0.15, 0.2) is 0 Å². The summed E-state index contributed by atoms with van der Waals surface area (Å²) in [5.74, 6) is 0.419. The van der Waals surface area contributed by atoms with Crippen molar-refractivity contribution in [2.75, 3.05) is 20.1 Å². The SMILES string of the molecule is CCC1N(C(C)C)C(=O)C12CCN(C)CC2. The molecule has 2 saturated heterocycles. The summed E-state index contributed by atoms with van der Waals surface area (Å²) in [6.07, 6.45) is 3.22. The second-order valence-corrected chi connectivity index (χ2v) is 5.69. The molecule has 0 aromatic rings. The molecule has 3 heteroatoms. The summed E-state index contributed by atoms with van der Waals surface area (Å²) in [6, 6.07) is 0.858. The van der Waals surface area contributed by atoms with Crippen molar-refractivity contribution in [3.05, 3.63) is 0 Å². The van der Waals surface area contributed by atoms with E-state index < -0.39 is 0 Å². The van der Waals surface area contributed by atoms with Crippen LogP contribution in [0.4, 0.5) is 0 Å². The maximum atomic E-state index is 12.4. The molecule has 1 spiro atoms. The van der Waals surface area contributed by atoms with Crippen LogP contribution in [0.25, 0.3) is 0 Å². The minimum atomic E-state index is 0.00549. The molecule has 3 nitrogen and oxygen atoms in total. The van der Waals surface area contributed by atoms with E-state index in [0.717, 1.165) is 32.4 Å². The highest BCUT2D eigenvalue weighted by atomic mass is 16.2. The van der Waals surface area contributed by atoms with E-state index in [4.69, 9.17) is 0 Å². The van der Waals surface area contributed by atoms with Crippen LogP contribution in [0.3, 0.4) is 0 Å². The maximum absolute atomic E-state index is 12.4. The van der Waals surface area contributed by atoms with Gasteiger partial charge in [-0.1, -0.05) is 6.92 Å². The molecule has 0 aromatic heterocycles. The number of piperidine rings is 1. The molecule has 0 aromatic carbocycles. The van der Waals surface area contributed by atoms with Gasteiger partial charge in [0.25, 0.3) is 0 Å². The summed E-state index contributed by atoms with van der Waals surface area (Å²) in [5.41, 5.74) is 0.00549. The summed E-state index contributed by atoms with van der Waals surface area (Å²) in [4.78, 5) is 16.8. The first kappa shape index (κ1) is 11.9. The predicted molar refractivity (Wildman–Crippen MR) is 65.2 cm³/mol. The van der Waals surface area contributed by atoms with Crippen LogP contribution in [0, 0.1) is 5.41 Å². The third-order valence-corrected chi connectivity index (χ3v) is 4.46. The van der Waals surface area contributed by atoms with E-state index in [0.29, 0.717) is 18.0 Å². The Balaban J connectivity index is 2.14. The van der Waals surface area contributed by atoms with Gasteiger partial charge in [0.05, 0.1) is 5.41 Å². The quantitative estimate of drug-likeness (QED) is 0.667. The van der Waals surface area contributed by atoms with E-state index in [-0.39, 0.29) is 5.41 Å². The molecule has 1 amide bonds. The molecule has 2 rings (SSSR count). The molecule has 0 N–H and O–H groups in total. The van der Waals surface area contributed by atoms with Gasteiger partial charge in [-0.25, -0.2) is 0 Å². The molecule has 0 aliphatic carbocycles. The molecule has 16 heavy (non-hydrogen) atoms. The summed E-state index contributed by atoms with van der Waals surface area (Å²) < 4.78 is 0. The van der Waals surface area contributed by atoms with Crippen molar-refractivity contribution >= 4 is 5.91 Å².